The van der Waals surface area contributed by atoms with Gasteiger partial charge < -0.3 is 9.47 Å². The SMILES string of the molecule is COc1cc(/C=N/Nc2nc(=O)[nH]nc2C)ccc1OC(C)C. The number of benzene rings is 1. The summed E-state index contributed by atoms with van der Waals surface area (Å²) in [5, 5.41) is 10.1. The Morgan fingerprint density at radius 1 is 1.35 bits per heavy atom. The summed E-state index contributed by atoms with van der Waals surface area (Å²) < 4.78 is 11.0. The van der Waals surface area contributed by atoms with Crippen LogP contribution < -0.4 is 20.6 Å². The number of ether oxygens (including phenoxy) is 2. The lowest BCUT2D eigenvalue weighted by Crippen LogP contribution is -2.15. The number of hydrogen-bond acceptors (Lipinski definition) is 7. The summed E-state index contributed by atoms with van der Waals surface area (Å²) in [6.07, 6.45) is 1.65. The molecule has 122 valence electrons. The van der Waals surface area contributed by atoms with Crippen LogP contribution in [0.3, 0.4) is 0 Å². The van der Waals surface area contributed by atoms with E-state index >= 15 is 0 Å². The quantitative estimate of drug-likeness (QED) is 0.621. The molecular formula is C15H19N5O3. The molecule has 0 spiro atoms. The summed E-state index contributed by atoms with van der Waals surface area (Å²) in [6, 6.07) is 5.47. The number of hydrazone groups is 1. The summed E-state index contributed by atoms with van der Waals surface area (Å²) in [4.78, 5) is 14.9. The zero-order valence-corrected chi connectivity index (χ0v) is 13.5. The van der Waals surface area contributed by atoms with E-state index in [1.165, 1.54) is 0 Å². The van der Waals surface area contributed by atoms with E-state index < -0.39 is 5.69 Å². The van der Waals surface area contributed by atoms with Crippen LogP contribution >= 0.6 is 0 Å². The number of aromatic nitrogens is 3. The molecule has 8 nitrogen and oxygen atoms in total. The summed E-state index contributed by atoms with van der Waals surface area (Å²) in [6.45, 7) is 5.61. The first kappa shape index (κ1) is 16.5. The zero-order chi connectivity index (χ0) is 16.8. The fourth-order valence-electron chi connectivity index (χ4n) is 1.78. The highest BCUT2D eigenvalue weighted by Gasteiger charge is 2.07. The van der Waals surface area contributed by atoms with E-state index in [0.717, 1.165) is 5.56 Å². The van der Waals surface area contributed by atoms with Crippen molar-refractivity contribution in [1.82, 2.24) is 15.2 Å². The summed E-state index contributed by atoms with van der Waals surface area (Å²) in [5.41, 5.74) is 3.50. The molecule has 8 heteroatoms. The maximum atomic E-state index is 11.1. The Labute approximate surface area is 133 Å². The van der Waals surface area contributed by atoms with E-state index in [1.54, 1.807) is 26.3 Å². The lowest BCUT2D eigenvalue weighted by atomic mass is 10.2. The molecule has 0 fully saturated rings. The highest BCUT2D eigenvalue weighted by atomic mass is 16.5. The summed E-state index contributed by atoms with van der Waals surface area (Å²) in [5.74, 6) is 1.59. The monoisotopic (exact) mass is 317 g/mol. The Balaban J connectivity index is 2.13. The van der Waals surface area contributed by atoms with Crippen molar-refractivity contribution in [3.05, 3.63) is 39.9 Å². The second-order valence-electron chi connectivity index (χ2n) is 5.02. The van der Waals surface area contributed by atoms with Gasteiger partial charge in [0.1, 0.15) is 5.69 Å². The molecule has 1 aromatic carbocycles. The van der Waals surface area contributed by atoms with Crippen LogP contribution in [0, 0.1) is 6.92 Å². The van der Waals surface area contributed by atoms with E-state index in [1.807, 2.05) is 26.0 Å². The fourth-order valence-corrected chi connectivity index (χ4v) is 1.78. The van der Waals surface area contributed by atoms with Crippen molar-refractivity contribution in [2.45, 2.75) is 26.9 Å². The largest absolute Gasteiger partial charge is 0.493 e. The van der Waals surface area contributed by atoms with Crippen LogP contribution in [-0.4, -0.2) is 34.6 Å². The Morgan fingerprint density at radius 2 is 2.13 bits per heavy atom. The number of anilines is 1. The molecule has 2 aromatic rings. The molecule has 1 aromatic heterocycles. The van der Waals surface area contributed by atoms with E-state index in [4.69, 9.17) is 9.47 Å². The molecule has 0 aliphatic carbocycles. The molecule has 0 amide bonds. The van der Waals surface area contributed by atoms with Gasteiger partial charge in [-0.15, -0.1) is 0 Å². The molecule has 0 atom stereocenters. The first-order valence-electron chi connectivity index (χ1n) is 7.06. The van der Waals surface area contributed by atoms with Gasteiger partial charge in [0.2, 0.25) is 0 Å². The minimum absolute atomic E-state index is 0.0582. The standard InChI is InChI=1S/C15H19N5O3/c1-9(2)23-12-6-5-11(7-13(12)22-4)8-16-19-14-10(3)18-20-15(21)17-14/h5-9H,1-4H3,(H2,17,19,20,21)/b16-8+. The predicted molar refractivity (Wildman–Crippen MR) is 87.4 cm³/mol. The van der Waals surface area contributed by atoms with Gasteiger partial charge in [-0.2, -0.15) is 15.2 Å². The van der Waals surface area contributed by atoms with Crippen molar-refractivity contribution in [3.8, 4) is 11.5 Å². The number of aromatic amines is 1. The second-order valence-corrected chi connectivity index (χ2v) is 5.02. The van der Waals surface area contributed by atoms with E-state index in [2.05, 4.69) is 25.7 Å². The number of rotatable bonds is 6. The van der Waals surface area contributed by atoms with Gasteiger partial charge in [0.25, 0.3) is 0 Å². The van der Waals surface area contributed by atoms with Gasteiger partial charge in [-0.25, -0.2) is 9.89 Å². The molecule has 0 saturated heterocycles. The van der Waals surface area contributed by atoms with Crippen LogP contribution in [-0.2, 0) is 0 Å². The lowest BCUT2D eigenvalue weighted by Gasteiger charge is -2.13. The second kappa shape index (κ2) is 7.39. The molecule has 0 saturated carbocycles. The van der Waals surface area contributed by atoms with Crippen molar-refractivity contribution in [2.24, 2.45) is 5.10 Å². The molecule has 0 radical (unpaired) electrons. The number of methoxy groups -OCH3 is 1. The number of hydrogen-bond donors (Lipinski definition) is 2. The van der Waals surface area contributed by atoms with Crippen molar-refractivity contribution in [3.63, 3.8) is 0 Å². The van der Waals surface area contributed by atoms with Crippen LogP contribution in [0.25, 0.3) is 0 Å². The van der Waals surface area contributed by atoms with E-state index in [0.29, 0.717) is 23.0 Å². The number of nitrogens with one attached hydrogen (secondary N) is 2. The first-order chi connectivity index (χ1) is 11.0. The van der Waals surface area contributed by atoms with Gasteiger partial charge in [-0.3, -0.25) is 5.43 Å². The fraction of sp³-hybridized carbons (Fsp3) is 0.333. The topological polar surface area (TPSA) is 101 Å². The van der Waals surface area contributed by atoms with Crippen LogP contribution in [0.15, 0.2) is 28.1 Å². The van der Waals surface area contributed by atoms with Gasteiger partial charge >= 0.3 is 5.69 Å². The Kier molecular flexibility index (Phi) is 5.29. The van der Waals surface area contributed by atoms with Crippen molar-refractivity contribution in [1.29, 1.82) is 0 Å². The Bertz CT molecular complexity index is 755. The van der Waals surface area contributed by atoms with Crippen molar-refractivity contribution in [2.75, 3.05) is 12.5 Å². The molecule has 0 aliphatic heterocycles. The molecular weight excluding hydrogens is 298 g/mol. The summed E-state index contributed by atoms with van der Waals surface area (Å²) >= 11 is 0. The minimum Gasteiger partial charge on any atom is -0.493 e. The average molecular weight is 317 g/mol. The van der Waals surface area contributed by atoms with Crippen molar-refractivity contribution >= 4 is 12.0 Å². The van der Waals surface area contributed by atoms with Gasteiger partial charge in [0.05, 0.1) is 19.4 Å². The minimum atomic E-state index is -0.537. The van der Waals surface area contributed by atoms with Gasteiger partial charge in [-0.1, -0.05) is 0 Å². The summed E-state index contributed by atoms with van der Waals surface area (Å²) in [7, 11) is 1.58. The van der Waals surface area contributed by atoms with Crippen LogP contribution in [0.4, 0.5) is 5.82 Å². The molecule has 23 heavy (non-hydrogen) atoms. The van der Waals surface area contributed by atoms with Crippen molar-refractivity contribution < 1.29 is 9.47 Å². The van der Waals surface area contributed by atoms with Crippen LogP contribution in [0.5, 0.6) is 11.5 Å². The predicted octanol–water partition coefficient (Wildman–Crippen LogP) is 1.72. The Morgan fingerprint density at radius 3 is 2.83 bits per heavy atom. The van der Waals surface area contributed by atoms with Crippen LogP contribution in [0.1, 0.15) is 25.1 Å². The first-order valence-corrected chi connectivity index (χ1v) is 7.06. The van der Waals surface area contributed by atoms with Crippen LogP contribution in [0.2, 0.25) is 0 Å². The third-order valence-electron chi connectivity index (χ3n) is 2.81. The molecule has 0 unspecified atom stereocenters. The lowest BCUT2D eigenvalue weighted by molar-refractivity contribution is 0.230. The van der Waals surface area contributed by atoms with Gasteiger partial charge in [-0.05, 0) is 44.5 Å². The normalized spacial score (nSPS) is 11.0. The van der Waals surface area contributed by atoms with Gasteiger partial charge in [0, 0.05) is 0 Å². The van der Waals surface area contributed by atoms with E-state index in [-0.39, 0.29) is 6.10 Å². The molecule has 2 N–H and O–H groups in total. The average Bonchev–Trinajstić information content (AvgIpc) is 2.51. The number of aryl methyl sites for hydroxylation is 1. The third-order valence-corrected chi connectivity index (χ3v) is 2.81. The Hall–Kier alpha value is -2.90. The third kappa shape index (κ3) is 4.53. The maximum absolute atomic E-state index is 11.1. The zero-order valence-electron chi connectivity index (χ0n) is 13.5. The molecule has 2 rings (SSSR count). The van der Waals surface area contributed by atoms with E-state index in [9.17, 15) is 4.79 Å². The molecule has 1 heterocycles. The number of H-pyrrole nitrogens is 1. The highest BCUT2D eigenvalue weighted by Crippen LogP contribution is 2.28. The molecule has 0 bridgehead atoms. The smallest absolute Gasteiger partial charge is 0.363 e. The number of nitrogens with zero attached hydrogens (tertiary/aromatic N) is 3. The maximum Gasteiger partial charge on any atom is 0.363 e. The highest BCUT2D eigenvalue weighted by molar-refractivity contribution is 5.81. The van der Waals surface area contributed by atoms with Gasteiger partial charge in [0.15, 0.2) is 17.3 Å². The molecule has 0 aliphatic rings.